The molecular weight excluding hydrogens is 262 g/mol. The van der Waals surface area contributed by atoms with Gasteiger partial charge in [0, 0.05) is 19.6 Å². The maximum Gasteiger partial charge on any atom is 0.749 e. The van der Waals surface area contributed by atoms with Gasteiger partial charge in [0.15, 0.2) is 0 Å². The van der Waals surface area contributed by atoms with E-state index in [0.717, 1.165) is 30.9 Å². The molecule has 0 saturated carbocycles. The van der Waals surface area contributed by atoms with Crippen molar-refractivity contribution in [2.45, 2.75) is 6.92 Å². The minimum Gasteiger partial charge on any atom is -0.480 e. The number of aryl methyl sites for hydroxylation is 1. The molecule has 1 aromatic rings. The SMILES string of the molecule is Cc1ccccc1O[Si]12OCCN(CCO1)CCO2. The van der Waals surface area contributed by atoms with E-state index in [1.807, 2.05) is 31.2 Å². The van der Waals surface area contributed by atoms with E-state index in [2.05, 4.69) is 4.90 Å². The van der Waals surface area contributed by atoms with Crippen LogP contribution in [0.15, 0.2) is 24.3 Å². The largest absolute Gasteiger partial charge is 0.749 e. The van der Waals surface area contributed by atoms with E-state index >= 15 is 0 Å². The Morgan fingerprint density at radius 1 is 1.00 bits per heavy atom. The summed E-state index contributed by atoms with van der Waals surface area (Å²) in [6.07, 6.45) is 0. The third-order valence-electron chi connectivity index (χ3n) is 3.39. The molecule has 0 aromatic heterocycles. The van der Waals surface area contributed by atoms with Crippen LogP contribution in [0.2, 0.25) is 0 Å². The standard InChI is InChI=1S/C13H19NO4Si/c1-12-4-2-3-5-13(12)18-19-15-9-6-14(7-10-16-19)8-11-17-19/h2-5H,6-11H2,1H3. The topological polar surface area (TPSA) is 40.2 Å². The number of hydrogen-bond donors (Lipinski definition) is 0. The van der Waals surface area contributed by atoms with E-state index in [1.165, 1.54) is 0 Å². The normalized spacial score (nSPS) is 31.3. The zero-order chi connectivity index (χ0) is 13.1. The van der Waals surface area contributed by atoms with E-state index in [0.29, 0.717) is 19.8 Å². The molecule has 0 N–H and O–H groups in total. The summed E-state index contributed by atoms with van der Waals surface area (Å²) in [7, 11) is -3.03. The number of nitrogens with zero attached hydrogens (tertiary/aromatic N) is 1. The van der Waals surface area contributed by atoms with Crippen LogP contribution in [0, 0.1) is 6.92 Å². The Kier molecular flexibility index (Phi) is 3.85. The van der Waals surface area contributed by atoms with Crippen molar-refractivity contribution in [2.75, 3.05) is 39.5 Å². The van der Waals surface area contributed by atoms with Crippen LogP contribution in [0.1, 0.15) is 5.56 Å². The van der Waals surface area contributed by atoms with Crippen LogP contribution in [-0.4, -0.2) is 53.4 Å². The number of benzene rings is 1. The molecule has 0 spiro atoms. The fraction of sp³-hybridized carbons (Fsp3) is 0.538. The summed E-state index contributed by atoms with van der Waals surface area (Å²) in [5.74, 6) is 0.784. The number of rotatable bonds is 2. The lowest BCUT2D eigenvalue weighted by Gasteiger charge is -2.36. The van der Waals surface area contributed by atoms with Crippen LogP contribution < -0.4 is 4.43 Å². The third-order valence-corrected chi connectivity index (χ3v) is 5.53. The first kappa shape index (κ1) is 13.1. The fourth-order valence-corrected chi connectivity index (χ4v) is 4.20. The second kappa shape index (κ2) is 5.60. The van der Waals surface area contributed by atoms with Crippen LogP contribution in [-0.2, 0) is 13.3 Å². The van der Waals surface area contributed by atoms with Gasteiger partial charge in [-0.1, -0.05) is 18.2 Å². The zero-order valence-corrected chi connectivity index (χ0v) is 12.1. The highest BCUT2D eigenvalue weighted by molar-refractivity contribution is 6.54. The van der Waals surface area contributed by atoms with Gasteiger partial charge >= 0.3 is 9.05 Å². The Balaban J connectivity index is 1.81. The van der Waals surface area contributed by atoms with Crippen molar-refractivity contribution in [2.24, 2.45) is 0 Å². The van der Waals surface area contributed by atoms with Gasteiger partial charge in [0.2, 0.25) is 0 Å². The molecule has 3 saturated heterocycles. The van der Waals surface area contributed by atoms with Gasteiger partial charge in [-0.05, 0) is 18.6 Å². The highest BCUT2D eigenvalue weighted by Crippen LogP contribution is 2.24. The minimum atomic E-state index is -3.03. The van der Waals surface area contributed by atoms with Gasteiger partial charge in [0.25, 0.3) is 0 Å². The first-order chi connectivity index (χ1) is 9.27. The monoisotopic (exact) mass is 281 g/mol. The average Bonchev–Trinajstić information content (AvgIpc) is 2.33. The summed E-state index contributed by atoms with van der Waals surface area (Å²) in [5.41, 5.74) is 1.06. The maximum atomic E-state index is 6.03. The Hall–Kier alpha value is -0.923. The molecule has 5 nitrogen and oxygen atoms in total. The second-order valence-electron chi connectivity index (χ2n) is 4.75. The van der Waals surface area contributed by atoms with Crippen LogP contribution >= 0.6 is 0 Å². The van der Waals surface area contributed by atoms with E-state index in [9.17, 15) is 0 Å². The molecular formula is C13H19NO4Si. The molecule has 2 bridgehead atoms. The first-order valence-corrected chi connectivity index (χ1v) is 8.30. The van der Waals surface area contributed by atoms with E-state index in [-0.39, 0.29) is 0 Å². The highest BCUT2D eigenvalue weighted by atomic mass is 28.4. The quantitative estimate of drug-likeness (QED) is 0.762. The molecule has 0 radical (unpaired) electrons. The Bertz CT molecular complexity index is 416. The average molecular weight is 281 g/mol. The van der Waals surface area contributed by atoms with E-state index in [1.54, 1.807) is 0 Å². The predicted molar refractivity (Wildman–Crippen MR) is 71.9 cm³/mol. The van der Waals surface area contributed by atoms with Crippen molar-refractivity contribution in [3.63, 3.8) is 0 Å². The molecule has 3 heterocycles. The summed E-state index contributed by atoms with van der Waals surface area (Å²) < 4.78 is 23.5. The Labute approximate surface area is 114 Å². The summed E-state index contributed by atoms with van der Waals surface area (Å²) in [6.45, 7) is 6.54. The molecule has 3 aliphatic rings. The van der Waals surface area contributed by atoms with Gasteiger partial charge in [-0.3, -0.25) is 4.90 Å². The minimum absolute atomic E-state index is 0.595. The molecule has 0 aliphatic carbocycles. The summed E-state index contributed by atoms with van der Waals surface area (Å²) in [6, 6.07) is 7.87. The van der Waals surface area contributed by atoms with E-state index in [4.69, 9.17) is 17.7 Å². The first-order valence-electron chi connectivity index (χ1n) is 6.66. The van der Waals surface area contributed by atoms with Crippen LogP contribution in [0.5, 0.6) is 5.75 Å². The van der Waals surface area contributed by atoms with Crippen molar-refractivity contribution in [1.82, 2.24) is 4.90 Å². The molecule has 1 aromatic carbocycles. The lowest BCUT2D eigenvalue weighted by molar-refractivity contribution is -0.0497. The Morgan fingerprint density at radius 3 is 2.16 bits per heavy atom. The van der Waals surface area contributed by atoms with Crippen molar-refractivity contribution in [3.8, 4) is 5.75 Å². The summed E-state index contributed by atoms with van der Waals surface area (Å²) in [5, 5.41) is 0. The smallest absolute Gasteiger partial charge is 0.480 e. The molecule has 3 fully saturated rings. The predicted octanol–water partition coefficient (Wildman–Crippen LogP) is 1.19. The molecule has 0 amide bonds. The van der Waals surface area contributed by atoms with Crippen LogP contribution in [0.25, 0.3) is 0 Å². The van der Waals surface area contributed by atoms with E-state index < -0.39 is 9.05 Å². The van der Waals surface area contributed by atoms with Crippen molar-refractivity contribution < 1.29 is 17.7 Å². The molecule has 6 heteroatoms. The molecule has 104 valence electrons. The Morgan fingerprint density at radius 2 is 1.58 bits per heavy atom. The van der Waals surface area contributed by atoms with Crippen LogP contribution in [0.4, 0.5) is 0 Å². The van der Waals surface area contributed by atoms with Gasteiger partial charge in [0.1, 0.15) is 5.75 Å². The highest BCUT2D eigenvalue weighted by Gasteiger charge is 2.50. The fourth-order valence-electron chi connectivity index (χ4n) is 2.25. The second-order valence-corrected chi connectivity index (χ2v) is 6.82. The zero-order valence-electron chi connectivity index (χ0n) is 11.1. The van der Waals surface area contributed by atoms with Gasteiger partial charge < -0.3 is 17.7 Å². The molecule has 0 atom stereocenters. The lowest BCUT2D eigenvalue weighted by Crippen LogP contribution is -2.59. The lowest BCUT2D eigenvalue weighted by atomic mass is 10.2. The van der Waals surface area contributed by atoms with Crippen LogP contribution in [0.3, 0.4) is 0 Å². The van der Waals surface area contributed by atoms with Gasteiger partial charge in [0.05, 0.1) is 19.8 Å². The maximum absolute atomic E-state index is 6.03. The van der Waals surface area contributed by atoms with Crippen molar-refractivity contribution in [3.05, 3.63) is 29.8 Å². The van der Waals surface area contributed by atoms with Crippen molar-refractivity contribution >= 4 is 9.05 Å². The van der Waals surface area contributed by atoms with Gasteiger partial charge in [-0.25, -0.2) is 0 Å². The van der Waals surface area contributed by atoms with Gasteiger partial charge in [-0.15, -0.1) is 0 Å². The molecule has 0 unspecified atom stereocenters. The molecule has 3 aliphatic heterocycles. The summed E-state index contributed by atoms with van der Waals surface area (Å²) in [4.78, 5) is 2.28. The van der Waals surface area contributed by atoms with Gasteiger partial charge in [-0.2, -0.15) is 0 Å². The number of fused-ring (bicyclic) bond motifs is 6. The summed E-state index contributed by atoms with van der Waals surface area (Å²) >= 11 is 0. The molecule has 4 rings (SSSR count). The number of para-hydroxylation sites is 1. The molecule has 19 heavy (non-hydrogen) atoms. The third kappa shape index (κ3) is 2.98. The number of hydrogen-bond acceptors (Lipinski definition) is 5. The van der Waals surface area contributed by atoms with Crippen molar-refractivity contribution in [1.29, 1.82) is 0 Å².